The van der Waals surface area contributed by atoms with E-state index >= 15 is 0 Å². The molecule has 0 amide bonds. The fourth-order valence-electron chi connectivity index (χ4n) is 2.91. The number of fused-ring (bicyclic) bond motifs is 1. The van der Waals surface area contributed by atoms with E-state index in [0.717, 1.165) is 16.8 Å². The molecule has 0 aliphatic carbocycles. The van der Waals surface area contributed by atoms with Gasteiger partial charge >= 0.3 is 5.97 Å². The maximum atomic E-state index is 11.9. The predicted octanol–water partition coefficient (Wildman–Crippen LogP) is 2.87. The Hall–Kier alpha value is -3.02. The fourth-order valence-corrected chi connectivity index (χ4v) is 2.91. The minimum absolute atomic E-state index is 0.0268. The van der Waals surface area contributed by atoms with Crippen molar-refractivity contribution in [1.82, 2.24) is 9.13 Å². The van der Waals surface area contributed by atoms with Gasteiger partial charge in [0.25, 0.3) is 0 Å². The van der Waals surface area contributed by atoms with Crippen LogP contribution in [0.3, 0.4) is 0 Å². The third-order valence-electron chi connectivity index (χ3n) is 4.17. The number of hydrogen-bond donors (Lipinski definition) is 1. The first-order chi connectivity index (χ1) is 12.6. The molecule has 1 heterocycles. The first-order valence-corrected chi connectivity index (χ1v) is 8.68. The lowest BCUT2D eigenvalue weighted by molar-refractivity contribution is -0.143. The largest absolute Gasteiger partial charge is 0.492 e. The van der Waals surface area contributed by atoms with Crippen LogP contribution in [0, 0.1) is 12.3 Å². The smallest absolute Gasteiger partial charge is 0.326 e. The molecule has 0 atom stereocenters. The Bertz CT molecular complexity index is 955. The first kappa shape index (κ1) is 17.8. The topological polar surface area (TPSA) is 69.2 Å². The number of benzene rings is 2. The number of esters is 1. The minimum Gasteiger partial charge on any atom is -0.492 e. The third kappa shape index (κ3) is 3.79. The minimum atomic E-state index is -0.343. The number of rotatable bonds is 7. The first-order valence-electron chi connectivity index (χ1n) is 8.68. The second-order valence-electron chi connectivity index (χ2n) is 6.02. The van der Waals surface area contributed by atoms with Gasteiger partial charge in [0.2, 0.25) is 5.62 Å². The summed E-state index contributed by atoms with van der Waals surface area (Å²) in [5, 5.41) is 8.47. The maximum absolute atomic E-state index is 11.9. The molecule has 0 radical (unpaired) electrons. The van der Waals surface area contributed by atoms with E-state index in [2.05, 4.69) is 0 Å². The van der Waals surface area contributed by atoms with Crippen LogP contribution in [-0.2, 0) is 22.6 Å². The Balaban J connectivity index is 1.81. The van der Waals surface area contributed by atoms with Gasteiger partial charge in [-0.2, -0.15) is 0 Å². The molecule has 2 aromatic carbocycles. The Morgan fingerprint density at radius 3 is 2.35 bits per heavy atom. The summed E-state index contributed by atoms with van der Waals surface area (Å²) < 4.78 is 14.3. The summed E-state index contributed by atoms with van der Waals surface area (Å²) in [6.07, 6.45) is 0. The van der Waals surface area contributed by atoms with Crippen LogP contribution in [0.4, 0.5) is 0 Å². The fraction of sp³-hybridized carbons (Fsp3) is 0.300. The number of carbonyl (C=O) groups is 1. The molecule has 0 bridgehead atoms. The van der Waals surface area contributed by atoms with Crippen molar-refractivity contribution in [1.29, 1.82) is 5.41 Å². The van der Waals surface area contributed by atoms with Crippen molar-refractivity contribution in [2.24, 2.45) is 0 Å². The SMILES string of the molecule is CCOC(=O)Cn1c(=N)n(CCOc2ccc(C)cc2)c2ccccc21. The number of ether oxygens (including phenoxy) is 2. The van der Waals surface area contributed by atoms with Crippen molar-refractivity contribution in [2.45, 2.75) is 26.9 Å². The Morgan fingerprint density at radius 1 is 1.04 bits per heavy atom. The monoisotopic (exact) mass is 353 g/mol. The van der Waals surface area contributed by atoms with Crippen molar-refractivity contribution >= 4 is 17.0 Å². The zero-order valence-corrected chi connectivity index (χ0v) is 15.1. The molecule has 1 aromatic heterocycles. The van der Waals surface area contributed by atoms with E-state index in [9.17, 15) is 4.79 Å². The molecule has 3 aromatic rings. The molecular weight excluding hydrogens is 330 g/mol. The van der Waals surface area contributed by atoms with Crippen LogP contribution in [0.25, 0.3) is 11.0 Å². The van der Waals surface area contributed by atoms with E-state index in [1.165, 1.54) is 5.56 Å². The number of aromatic nitrogens is 2. The molecule has 6 heteroatoms. The van der Waals surface area contributed by atoms with E-state index in [0.29, 0.717) is 19.8 Å². The number of nitrogens with one attached hydrogen (secondary N) is 1. The highest BCUT2D eigenvalue weighted by molar-refractivity contribution is 5.78. The molecule has 0 fully saturated rings. The van der Waals surface area contributed by atoms with Gasteiger partial charge in [-0.1, -0.05) is 29.8 Å². The van der Waals surface area contributed by atoms with Crippen LogP contribution in [0.2, 0.25) is 0 Å². The van der Waals surface area contributed by atoms with Gasteiger partial charge in [0.1, 0.15) is 18.9 Å². The molecule has 26 heavy (non-hydrogen) atoms. The van der Waals surface area contributed by atoms with Crippen LogP contribution in [0.5, 0.6) is 5.75 Å². The summed E-state index contributed by atoms with van der Waals surface area (Å²) in [6, 6.07) is 15.6. The van der Waals surface area contributed by atoms with E-state index in [-0.39, 0.29) is 18.1 Å². The average Bonchev–Trinajstić information content (AvgIpc) is 2.89. The van der Waals surface area contributed by atoms with Gasteiger partial charge in [-0.3, -0.25) is 14.8 Å². The van der Waals surface area contributed by atoms with Crippen LogP contribution >= 0.6 is 0 Å². The molecule has 1 N–H and O–H groups in total. The number of para-hydroxylation sites is 2. The lowest BCUT2D eigenvalue weighted by Crippen LogP contribution is -2.29. The van der Waals surface area contributed by atoms with Gasteiger partial charge in [0.05, 0.1) is 24.2 Å². The van der Waals surface area contributed by atoms with Gasteiger partial charge in [0.15, 0.2) is 0 Å². The number of nitrogens with zero attached hydrogens (tertiary/aromatic N) is 2. The molecule has 136 valence electrons. The average molecular weight is 353 g/mol. The van der Waals surface area contributed by atoms with Gasteiger partial charge in [-0.25, -0.2) is 0 Å². The van der Waals surface area contributed by atoms with Crippen LogP contribution in [-0.4, -0.2) is 28.3 Å². The number of imidazole rings is 1. The summed E-state index contributed by atoms with van der Waals surface area (Å²) in [7, 11) is 0. The molecule has 0 saturated heterocycles. The summed E-state index contributed by atoms with van der Waals surface area (Å²) in [5.74, 6) is 0.461. The van der Waals surface area contributed by atoms with E-state index in [4.69, 9.17) is 14.9 Å². The van der Waals surface area contributed by atoms with Crippen LogP contribution in [0.1, 0.15) is 12.5 Å². The highest BCUT2D eigenvalue weighted by Gasteiger charge is 2.13. The number of hydrogen-bond acceptors (Lipinski definition) is 4. The van der Waals surface area contributed by atoms with Crippen molar-refractivity contribution in [3.05, 3.63) is 59.7 Å². The van der Waals surface area contributed by atoms with E-state index in [1.807, 2.05) is 60.0 Å². The molecule has 0 spiro atoms. The summed E-state index contributed by atoms with van der Waals surface area (Å²) in [4.78, 5) is 11.9. The lowest BCUT2D eigenvalue weighted by atomic mass is 10.2. The van der Waals surface area contributed by atoms with Crippen molar-refractivity contribution < 1.29 is 14.3 Å². The van der Waals surface area contributed by atoms with Gasteiger partial charge < -0.3 is 14.0 Å². The van der Waals surface area contributed by atoms with Crippen molar-refractivity contribution in [3.63, 3.8) is 0 Å². The van der Waals surface area contributed by atoms with Gasteiger partial charge in [-0.15, -0.1) is 0 Å². The molecular formula is C20H23N3O3. The zero-order valence-electron chi connectivity index (χ0n) is 15.1. The molecule has 6 nitrogen and oxygen atoms in total. The third-order valence-corrected chi connectivity index (χ3v) is 4.17. The van der Waals surface area contributed by atoms with Crippen LogP contribution < -0.4 is 10.4 Å². The van der Waals surface area contributed by atoms with E-state index < -0.39 is 0 Å². The standard InChI is InChI=1S/C20H23N3O3/c1-3-25-19(24)14-23-18-7-5-4-6-17(18)22(20(23)21)12-13-26-16-10-8-15(2)9-11-16/h4-11,21H,3,12-14H2,1-2H3. The van der Waals surface area contributed by atoms with Crippen molar-refractivity contribution in [3.8, 4) is 5.75 Å². The highest BCUT2D eigenvalue weighted by Crippen LogP contribution is 2.14. The van der Waals surface area contributed by atoms with Crippen LogP contribution in [0.15, 0.2) is 48.5 Å². The summed E-state index contributed by atoms with van der Waals surface area (Å²) >= 11 is 0. The predicted molar refractivity (Wildman–Crippen MR) is 99.1 cm³/mol. The molecule has 3 rings (SSSR count). The highest BCUT2D eigenvalue weighted by atomic mass is 16.5. The Labute approximate surface area is 152 Å². The summed E-state index contributed by atoms with van der Waals surface area (Å²) in [6.45, 7) is 5.12. The van der Waals surface area contributed by atoms with Crippen molar-refractivity contribution in [2.75, 3.05) is 13.2 Å². The number of aryl methyl sites for hydroxylation is 1. The summed E-state index contributed by atoms with van der Waals surface area (Å²) in [5.41, 5.74) is 3.17. The molecule has 0 saturated carbocycles. The quantitative estimate of drug-likeness (QED) is 0.664. The van der Waals surface area contributed by atoms with Gasteiger partial charge in [0, 0.05) is 0 Å². The normalized spacial score (nSPS) is 10.8. The Morgan fingerprint density at radius 2 is 1.69 bits per heavy atom. The second-order valence-corrected chi connectivity index (χ2v) is 6.02. The molecule has 0 unspecified atom stereocenters. The lowest BCUT2D eigenvalue weighted by Gasteiger charge is -2.08. The Kier molecular flexibility index (Phi) is 5.41. The zero-order chi connectivity index (χ0) is 18.5. The second kappa shape index (κ2) is 7.91. The maximum Gasteiger partial charge on any atom is 0.326 e. The number of carbonyl (C=O) groups excluding carboxylic acids is 1. The van der Waals surface area contributed by atoms with Gasteiger partial charge in [-0.05, 0) is 38.1 Å². The molecule has 0 aliphatic rings. The molecule has 0 aliphatic heterocycles. The van der Waals surface area contributed by atoms with E-state index in [1.54, 1.807) is 11.5 Å².